The first-order valence-corrected chi connectivity index (χ1v) is 10.6. The van der Waals surface area contributed by atoms with E-state index in [0.29, 0.717) is 22.2 Å². The van der Waals surface area contributed by atoms with Gasteiger partial charge in [0.05, 0.1) is 15.5 Å². The predicted molar refractivity (Wildman–Crippen MR) is 121 cm³/mol. The monoisotopic (exact) mass is 427 g/mol. The van der Waals surface area contributed by atoms with Crippen LogP contribution < -0.4 is 11.5 Å². The summed E-state index contributed by atoms with van der Waals surface area (Å²) in [5.41, 5.74) is 15.1. The Bertz CT molecular complexity index is 957. The van der Waals surface area contributed by atoms with E-state index in [1.54, 1.807) is 12.1 Å². The number of non-ortho nitro benzene ring substituents is 1. The van der Waals surface area contributed by atoms with Crippen LogP contribution in [0.3, 0.4) is 0 Å². The molecule has 1 fully saturated rings. The zero-order valence-corrected chi connectivity index (χ0v) is 17.7. The van der Waals surface area contributed by atoms with Crippen molar-refractivity contribution >= 4 is 35.5 Å². The molecule has 0 atom stereocenters. The van der Waals surface area contributed by atoms with Gasteiger partial charge in [-0.05, 0) is 61.4 Å². The summed E-state index contributed by atoms with van der Waals surface area (Å²) in [7, 11) is 0. The minimum atomic E-state index is -0.437. The van der Waals surface area contributed by atoms with Crippen LogP contribution in [0.5, 0.6) is 0 Å². The fourth-order valence-electron chi connectivity index (χ4n) is 3.55. The Morgan fingerprint density at radius 3 is 2.47 bits per heavy atom. The van der Waals surface area contributed by atoms with Crippen LogP contribution in [-0.4, -0.2) is 47.2 Å². The van der Waals surface area contributed by atoms with Gasteiger partial charge in [-0.15, -0.1) is 11.8 Å². The lowest BCUT2D eigenvalue weighted by Crippen LogP contribution is -2.38. The lowest BCUT2D eigenvalue weighted by Gasteiger charge is -2.32. The second kappa shape index (κ2) is 9.27. The number of rotatable bonds is 6. The minimum absolute atomic E-state index is 0.00732. The number of nitro groups is 1. The van der Waals surface area contributed by atoms with Crippen molar-refractivity contribution in [3.8, 4) is 0 Å². The highest BCUT2D eigenvalue weighted by Gasteiger charge is 2.25. The third kappa shape index (κ3) is 4.63. The van der Waals surface area contributed by atoms with E-state index < -0.39 is 4.92 Å². The van der Waals surface area contributed by atoms with Crippen LogP contribution in [0.4, 0.5) is 5.69 Å². The Labute approximate surface area is 179 Å². The van der Waals surface area contributed by atoms with Gasteiger partial charge in [-0.1, -0.05) is 0 Å². The molecule has 0 spiro atoms. The van der Waals surface area contributed by atoms with Crippen LogP contribution in [0.25, 0.3) is 5.57 Å². The minimum Gasteiger partial charge on any atom is -0.397 e. The van der Waals surface area contributed by atoms with Crippen LogP contribution in [0.1, 0.15) is 25.3 Å². The second-order valence-corrected chi connectivity index (χ2v) is 8.25. The van der Waals surface area contributed by atoms with Gasteiger partial charge in [0.25, 0.3) is 5.69 Å². The number of allylic oxidation sites excluding steroid dienone is 4. The van der Waals surface area contributed by atoms with Crippen LogP contribution in [0.2, 0.25) is 0 Å². The smallest absolute Gasteiger partial charge is 0.269 e. The summed E-state index contributed by atoms with van der Waals surface area (Å²) in [6.07, 6.45) is 3.63. The molecule has 158 valence electrons. The number of thioether (sulfide) groups is 1. The summed E-state index contributed by atoms with van der Waals surface area (Å²) < 4.78 is 0. The molecule has 0 amide bonds. The maximum atomic E-state index is 11.9. The molecule has 8 nitrogen and oxygen atoms in total. The van der Waals surface area contributed by atoms with E-state index >= 15 is 0 Å². The van der Waals surface area contributed by atoms with Gasteiger partial charge in [0.15, 0.2) is 5.78 Å². The number of ketones is 1. The van der Waals surface area contributed by atoms with Crippen LogP contribution in [0, 0.1) is 10.1 Å². The number of hydrogen-bond donors (Lipinski definition) is 2. The van der Waals surface area contributed by atoms with Crippen molar-refractivity contribution in [1.82, 2.24) is 4.90 Å². The normalized spacial score (nSPS) is 19.8. The number of carbonyl (C=O) groups is 1. The predicted octanol–water partition coefficient (Wildman–Crippen LogP) is 2.82. The third-order valence-corrected chi connectivity index (χ3v) is 6.49. The van der Waals surface area contributed by atoms with E-state index in [-0.39, 0.29) is 17.5 Å². The SMILES string of the molecule is C=N/C(=C\C(=C1/CSC(C(C)=O)=C1N)c1ccc([N+](=O)[O-])cc1)N1CCC(N)CC1. The molecule has 2 heterocycles. The Kier molecular flexibility index (Phi) is 6.73. The molecule has 0 radical (unpaired) electrons. The molecule has 9 heteroatoms. The number of likely N-dealkylation sites (tertiary alicyclic amines) is 1. The van der Waals surface area contributed by atoms with E-state index in [2.05, 4.69) is 16.6 Å². The van der Waals surface area contributed by atoms with Crippen molar-refractivity contribution in [1.29, 1.82) is 0 Å². The summed E-state index contributed by atoms with van der Waals surface area (Å²) in [6.45, 7) is 6.76. The zero-order chi connectivity index (χ0) is 21.8. The highest BCUT2D eigenvalue weighted by atomic mass is 32.2. The molecular weight excluding hydrogens is 402 g/mol. The molecule has 2 aliphatic heterocycles. The summed E-state index contributed by atoms with van der Waals surface area (Å²) >= 11 is 1.40. The summed E-state index contributed by atoms with van der Waals surface area (Å²) in [6, 6.07) is 6.47. The van der Waals surface area contributed by atoms with Crippen molar-refractivity contribution in [2.45, 2.75) is 25.8 Å². The number of nitrogens with two attached hydrogens (primary N) is 2. The number of nitrogens with zero attached hydrogens (tertiary/aromatic N) is 3. The van der Waals surface area contributed by atoms with Crippen molar-refractivity contribution in [3.63, 3.8) is 0 Å². The molecule has 1 aromatic carbocycles. The first-order chi connectivity index (χ1) is 14.3. The van der Waals surface area contributed by atoms with Gasteiger partial charge in [-0.3, -0.25) is 14.9 Å². The fourth-order valence-corrected chi connectivity index (χ4v) is 4.63. The topological polar surface area (TPSA) is 128 Å². The zero-order valence-electron chi connectivity index (χ0n) is 16.8. The number of carbonyl (C=O) groups excluding carboxylic acids is 1. The molecule has 0 aliphatic carbocycles. The number of hydrogen-bond acceptors (Lipinski definition) is 8. The lowest BCUT2D eigenvalue weighted by molar-refractivity contribution is -0.384. The van der Waals surface area contributed by atoms with Crippen LogP contribution in [0.15, 0.2) is 57.3 Å². The van der Waals surface area contributed by atoms with Crippen molar-refractivity contribution < 1.29 is 9.72 Å². The van der Waals surface area contributed by atoms with E-state index in [4.69, 9.17) is 11.5 Å². The lowest BCUT2D eigenvalue weighted by atomic mass is 9.97. The average Bonchev–Trinajstić information content (AvgIpc) is 3.11. The highest BCUT2D eigenvalue weighted by molar-refractivity contribution is 8.04. The number of Topliss-reactive ketones (excluding diaryl/α,β-unsaturated/α-hetero) is 1. The van der Waals surface area contributed by atoms with Crippen molar-refractivity contribution in [3.05, 3.63) is 68.0 Å². The average molecular weight is 428 g/mol. The van der Waals surface area contributed by atoms with Gasteiger partial charge in [0.1, 0.15) is 5.82 Å². The fraction of sp³-hybridized carbons (Fsp3) is 0.333. The van der Waals surface area contributed by atoms with E-state index in [1.165, 1.54) is 30.8 Å². The molecule has 1 saturated heterocycles. The maximum absolute atomic E-state index is 11.9. The molecule has 2 aliphatic rings. The molecule has 4 N–H and O–H groups in total. The Morgan fingerprint density at radius 1 is 1.33 bits per heavy atom. The molecule has 0 aromatic heterocycles. The van der Waals surface area contributed by atoms with Gasteiger partial charge in [0.2, 0.25) is 0 Å². The van der Waals surface area contributed by atoms with E-state index in [9.17, 15) is 14.9 Å². The Morgan fingerprint density at radius 2 is 1.97 bits per heavy atom. The molecule has 0 saturated carbocycles. The largest absolute Gasteiger partial charge is 0.397 e. The van der Waals surface area contributed by atoms with Crippen molar-refractivity contribution in [2.24, 2.45) is 16.5 Å². The summed E-state index contributed by atoms with van der Waals surface area (Å²) in [5.74, 6) is 1.15. The molecule has 0 unspecified atom stereocenters. The Balaban J connectivity index is 2.10. The van der Waals surface area contributed by atoms with E-state index in [0.717, 1.165) is 42.6 Å². The van der Waals surface area contributed by atoms with Gasteiger partial charge < -0.3 is 16.4 Å². The van der Waals surface area contributed by atoms with Gasteiger partial charge in [-0.25, -0.2) is 4.99 Å². The van der Waals surface area contributed by atoms with E-state index in [1.807, 2.05) is 6.08 Å². The molecule has 30 heavy (non-hydrogen) atoms. The van der Waals surface area contributed by atoms with Gasteiger partial charge in [-0.2, -0.15) is 0 Å². The molecular formula is C21H25N5O3S. The maximum Gasteiger partial charge on any atom is 0.269 e. The number of benzene rings is 1. The second-order valence-electron chi connectivity index (χ2n) is 7.27. The number of aliphatic imine (C=N–C) groups is 1. The number of piperidine rings is 1. The quantitative estimate of drug-likeness (QED) is 0.406. The standard InChI is InChI=1S/C21H25N5O3S/c1-13(27)21-20(23)18(12-30-21)17(14-3-5-16(6-4-14)26(28)29)11-19(24-2)25-9-7-15(22)8-10-25/h3-6,11,15H,2,7-10,12,22-23H2,1H3/b18-17-,19-11+. The first kappa shape index (κ1) is 21.8. The molecule has 3 rings (SSSR count). The Hall–Kier alpha value is -2.91. The highest BCUT2D eigenvalue weighted by Crippen LogP contribution is 2.39. The summed E-state index contributed by atoms with van der Waals surface area (Å²) in [5, 5.41) is 11.0. The molecule has 0 bridgehead atoms. The van der Waals surface area contributed by atoms with Gasteiger partial charge in [0, 0.05) is 37.0 Å². The van der Waals surface area contributed by atoms with Crippen LogP contribution >= 0.6 is 11.8 Å². The summed E-state index contributed by atoms with van der Waals surface area (Å²) in [4.78, 5) is 29.4. The number of nitro benzene ring substituents is 1. The first-order valence-electron chi connectivity index (χ1n) is 9.62. The molecule has 1 aromatic rings. The van der Waals surface area contributed by atoms with Crippen molar-refractivity contribution in [2.75, 3.05) is 18.8 Å². The third-order valence-electron chi connectivity index (χ3n) is 5.26. The van der Waals surface area contributed by atoms with Gasteiger partial charge >= 0.3 is 0 Å². The van der Waals surface area contributed by atoms with Crippen LogP contribution in [-0.2, 0) is 4.79 Å².